The van der Waals surface area contributed by atoms with Crippen LogP contribution in [0.5, 0.6) is 11.5 Å². The van der Waals surface area contributed by atoms with Gasteiger partial charge in [-0.2, -0.15) is 0 Å². The predicted molar refractivity (Wildman–Crippen MR) is 76.8 cm³/mol. The van der Waals surface area contributed by atoms with Gasteiger partial charge < -0.3 is 15.5 Å². The molecule has 0 bridgehead atoms. The maximum atomic E-state index is 9.70. The van der Waals surface area contributed by atoms with E-state index in [0.29, 0.717) is 5.39 Å². The van der Waals surface area contributed by atoms with Gasteiger partial charge in [-0.3, -0.25) is 0 Å². The SMILES string of the molecule is CCNCCc1ccc2c(O)c(O)ccc2c1.Cl. The van der Waals surface area contributed by atoms with Crippen LogP contribution < -0.4 is 5.32 Å². The molecule has 0 unspecified atom stereocenters. The fraction of sp³-hybridized carbons (Fsp3) is 0.286. The maximum absolute atomic E-state index is 9.70. The largest absolute Gasteiger partial charge is 0.504 e. The van der Waals surface area contributed by atoms with Gasteiger partial charge in [-0.1, -0.05) is 31.2 Å². The first-order valence-electron chi connectivity index (χ1n) is 5.86. The highest BCUT2D eigenvalue weighted by atomic mass is 35.5. The normalized spacial score (nSPS) is 10.3. The highest BCUT2D eigenvalue weighted by Crippen LogP contribution is 2.33. The summed E-state index contributed by atoms with van der Waals surface area (Å²) < 4.78 is 0. The second kappa shape index (κ2) is 6.47. The average Bonchev–Trinajstić information content (AvgIpc) is 2.34. The first-order valence-corrected chi connectivity index (χ1v) is 5.86. The van der Waals surface area contributed by atoms with E-state index >= 15 is 0 Å². The van der Waals surface area contributed by atoms with Gasteiger partial charge in [0, 0.05) is 5.39 Å². The number of hydrogen-bond donors (Lipinski definition) is 3. The van der Waals surface area contributed by atoms with E-state index in [2.05, 4.69) is 12.2 Å². The van der Waals surface area contributed by atoms with Crippen LogP contribution in [0.15, 0.2) is 30.3 Å². The van der Waals surface area contributed by atoms with Crippen molar-refractivity contribution in [2.75, 3.05) is 13.1 Å². The molecule has 0 radical (unpaired) electrons. The fourth-order valence-corrected chi connectivity index (χ4v) is 1.92. The zero-order valence-electron chi connectivity index (χ0n) is 10.3. The quantitative estimate of drug-likeness (QED) is 0.590. The third-order valence-corrected chi connectivity index (χ3v) is 2.87. The van der Waals surface area contributed by atoms with Crippen molar-refractivity contribution in [3.8, 4) is 11.5 Å². The summed E-state index contributed by atoms with van der Waals surface area (Å²) in [5.41, 5.74) is 1.23. The third-order valence-electron chi connectivity index (χ3n) is 2.87. The van der Waals surface area contributed by atoms with Crippen LogP contribution >= 0.6 is 12.4 Å². The molecule has 0 saturated carbocycles. The van der Waals surface area contributed by atoms with E-state index in [1.165, 1.54) is 11.6 Å². The summed E-state index contributed by atoms with van der Waals surface area (Å²) in [6.07, 6.45) is 0.964. The molecule has 18 heavy (non-hydrogen) atoms. The Bertz CT molecular complexity index is 528. The van der Waals surface area contributed by atoms with Crippen molar-refractivity contribution in [3.63, 3.8) is 0 Å². The molecule has 2 aromatic carbocycles. The molecule has 0 aliphatic carbocycles. The van der Waals surface area contributed by atoms with Crippen LogP contribution in [-0.4, -0.2) is 23.3 Å². The Hall–Kier alpha value is -1.45. The Labute approximate surface area is 113 Å². The van der Waals surface area contributed by atoms with Gasteiger partial charge in [0.15, 0.2) is 11.5 Å². The molecule has 0 atom stereocenters. The van der Waals surface area contributed by atoms with Crippen LogP contribution in [-0.2, 0) is 6.42 Å². The zero-order valence-corrected chi connectivity index (χ0v) is 11.1. The van der Waals surface area contributed by atoms with Crippen LogP contribution in [0.3, 0.4) is 0 Å². The molecule has 0 fully saturated rings. The van der Waals surface area contributed by atoms with E-state index in [1.54, 1.807) is 0 Å². The van der Waals surface area contributed by atoms with Crippen molar-refractivity contribution in [3.05, 3.63) is 35.9 Å². The fourth-order valence-electron chi connectivity index (χ4n) is 1.92. The van der Waals surface area contributed by atoms with E-state index in [4.69, 9.17) is 0 Å². The van der Waals surface area contributed by atoms with Gasteiger partial charge in [0.05, 0.1) is 0 Å². The van der Waals surface area contributed by atoms with Crippen LogP contribution in [0.25, 0.3) is 10.8 Å². The van der Waals surface area contributed by atoms with Gasteiger partial charge in [0.2, 0.25) is 0 Å². The minimum Gasteiger partial charge on any atom is -0.504 e. The number of hydrogen-bond acceptors (Lipinski definition) is 3. The van der Waals surface area contributed by atoms with E-state index in [1.807, 2.05) is 24.3 Å². The van der Waals surface area contributed by atoms with Gasteiger partial charge in [0.25, 0.3) is 0 Å². The van der Waals surface area contributed by atoms with Gasteiger partial charge >= 0.3 is 0 Å². The predicted octanol–water partition coefficient (Wildman–Crippen LogP) is 2.82. The summed E-state index contributed by atoms with van der Waals surface area (Å²) in [4.78, 5) is 0. The molecule has 3 nitrogen and oxygen atoms in total. The van der Waals surface area contributed by atoms with Gasteiger partial charge in [0.1, 0.15) is 0 Å². The number of phenolic OH excluding ortho intramolecular Hbond substituents is 2. The standard InChI is InChI=1S/C14H17NO2.ClH/c1-2-15-8-7-10-3-5-12-11(9-10)4-6-13(16)14(12)17;/h3-6,9,15-17H,2,7-8H2,1H3;1H. The Morgan fingerprint density at radius 1 is 1.11 bits per heavy atom. The number of aromatic hydroxyl groups is 2. The summed E-state index contributed by atoms with van der Waals surface area (Å²) in [5.74, 6) is -0.112. The summed E-state index contributed by atoms with van der Waals surface area (Å²) in [7, 11) is 0. The molecule has 2 rings (SSSR count). The van der Waals surface area contributed by atoms with Crippen molar-refractivity contribution in [1.82, 2.24) is 5.32 Å². The van der Waals surface area contributed by atoms with Crippen LogP contribution in [0.4, 0.5) is 0 Å². The molecule has 0 aliphatic heterocycles. The van der Waals surface area contributed by atoms with E-state index in [-0.39, 0.29) is 23.9 Å². The summed E-state index contributed by atoms with van der Waals surface area (Å²) in [6.45, 7) is 4.01. The highest BCUT2D eigenvalue weighted by Gasteiger charge is 2.05. The Morgan fingerprint density at radius 3 is 2.61 bits per heavy atom. The van der Waals surface area contributed by atoms with Crippen LogP contribution in [0, 0.1) is 0 Å². The number of halogens is 1. The zero-order chi connectivity index (χ0) is 12.3. The van der Waals surface area contributed by atoms with E-state index in [9.17, 15) is 10.2 Å². The number of phenols is 2. The maximum Gasteiger partial charge on any atom is 0.165 e. The second-order valence-electron chi connectivity index (χ2n) is 4.09. The molecule has 4 heteroatoms. The molecule has 0 saturated heterocycles. The van der Waals surface area contributed by atoms with Crippen molar-refractivity contribution in [2.45, 2.75) is 13.3 Å². The lowest BCUT2D eigenvalue weighted by atomic mass is 10.0. The summed E-state index contributed by atoms with van der Waals surface area (Å²) >= 11 is 0. The van der Waals surface area contributed by atoms with Crippen molar-refractivity contribution >= 4 is 23.2 Å². The van der Waals surface area contributed by atoms with E-state index in [0.717, 1.165) is 24.9 Å². The number of likely N-dealkylation sites (N-methyl/N-ethyl adjacent to an activating group) is 1. The topological polar surface area (TPSA) is 52.5 Å². The first-order chi connectivity index (χ1) is 8.22. The number of benzene rings is 2. The monoisotopic (exact) mass is 267 g/mol. The van der Waals surface area contributed by atoms with Gasteiger partial charge in [-0.05, 0) is 36.5 Å². The number of nitrogens with one attached hydrogen (secondary N) is 1. The first kappa shape index (κ1) is 14.6. The summed E-state index contributed by atoms with van der Waals surface area (Å²) in [5, 5.41) is 24.0. The van der Waals surface area contributed by atoms with Gasteiger partial charge in [-0.15, -0.1) is 12.4 Å². The molecule has 0 amide bonds. The third kappa shape index (κ3) is 3.06. The minimum absolute atomic E-state index is 0. The van der Waals surface area contributed by atoms with Crippen LogP contribution in [0.2, 0.25) is 0 Å². The van der Waals surface area contributed by atoms with Crippen molar-refractivity contribution in [1.29, 1.82) is 0 Å². The summed E-state index contributed by atoms with van der Waals surface area (Å²) in [6, 6.07) is 9.23. The lowest BCUT2D eigenvalue weighted by Gasteiger charge is -2.06. The van der Waals surface area contributed by atoms with Crippen LogP contribution in [0.1, 0.15) is 12.5 Å². The molecule has 0 heterocycles. The molecule has 0 spiro atoms. The molecular weight excluding hydrogens is 250 g/mol. The Morgan fingerprint density at radius 2 is 1.89 bits per heavy atom. The Balaban J connectivity index is 0.00000162. The van der Waals surface area contributed by atoms with Crippen molar-refractivity contribution < 1.29 is 10.2 Å². The molecule has 0 aromatic heterocycles. The Kier molecular flexibility index (Phi) is 5.25. The van der Waals surface area contributed by atoms with Gasteiger partial charge in [-0.25, -0.2) is 0 Å². The molecule has 0 aliphatic rings. The minimum atomic E-state index is -0.0714. The van der Waals surface area contributed by atoms with Crippen molar-refractivity contribution in [2.24, 2.45) is 0 Å². The lowest BCUT2D eigenvalue weighted by Crippen LogP contribution is -2.15. The second-order valence-corrected chi connectivity index (χ2v) is 4.09. The highest BCUT2D eigenvalue weighted by molar-refractivity contribution is 5.90. The van der Waals surface area contributed by atoms with E-state index < -0.39 is 0 Å². The molecule has 2 aromatic rings. The number of fused-ring (bicyclic) bond motifs is 1. The lowest BCUT2D eigenvalue weighted by molar-refractivity contribution is 0.408. The molecule has 3 N–H and O–H groups in total. The smallest absolute Gasteiger partial charge is 0.165 e. The number of rotatable bonds is 4. The average molecular weight is 268 g/mol. The molecule has 98 valence electrons. The molecular formula is C14H18ClNO2.